The van der Waals surface area contributed by atoms with E-state index in [2.05, 4.69) is 24.3 Å². The fourth-order valence-electron chi connectivity index (χ4n) is 5.06. The summed E-state index contributed by atoms with van der Waals surface area (Å²) in [5, 5.41) is 10.5. The van der Waals surface area contributed by atoms with E-state index in [4.69, 9.17) is 4.74 Å². The van der Waals surface area contributed by atoms with Gasteiger partial charge in [-0.2, -0.15) is 0 Å². The Bertz CT molecular complexity index is 1020. The molecule has 158 valence electrons. The minimum absolute atomic E-state index is 0.0310. The monoisotopic (exact) mass is 413 g/mol. The first kappa shape index (κ1) is 19.8. The number of carbonyl (C=O) groups excluding carboxylic acids is 1. The van der Waals surface area contributed by atoms with Gasteiger partial charge < -0.3 is 9.84 Å². The largest absolute Gasteiger partial charge is 0.448 e. The van der Waals surface area contributed by atoms with Gasteiger partial charge in [0.1, 0.15) is 6.61 Å². The van der Waals surface area contributed by atoms with E-state index in [1.165, 1.54) is 22.3 Å². The van der Waals surface area contributed by atoms with Crippen molar-refractivity contribution in [3.8, 4) is 11.1 Å². The number of amides is 1. The summed E-state index contributed by atoms with van der Waals surface area (Å²) < 4.78 is 5.91. The van der Waals surface area contributed by atoms with Crippen molar-refractivity contribution in [1.29, 1.82) is 0 Å². The summed E-state index contributed by atoms with van der Waals surface area (Å²) in [5.41, 5.74) is 5.87. The molecule has 31 heavy (non-hydrogen) atoms. The standard InChI is InChI=1S/C27H27NO3/c29-26-16-8-15-25(26)28(17-19-9-2-1-3-10-19)27(30)31-18-24-22-13-6-4-11-20(22)21-12-5-7-14-23(21)24/h1-7,9-14,24-26,29H,8,15-18H2. The molecule has 1 amide bonds. The Balaban J connectivity index is 1.36. The summed E-state index contributed by atoms with van der Waals surface area (Å²) >= 11 is 0. The van der Waals surface area contributed by atoms with Gasteiger partial charge in [0.05, 0.1) is 12.1 Å². The molecule has 2 unspecified atom stereocenters. The first-order valence-corrected chi connectivity index (χ1v) is 11.1. The van der Waals surface area contributed by atoms with E-state index in [9.17, 15) is 9.90 Å². The van der Waals surface area contributed by atoms with Crippen molar-refractivity contribution in [2.24, 2.45) is 0 Å². The van der Waals surface area contributed by atoms with E-state index in [-0.39, 0.29) is 18.1 Å². The average Bonchev–Trinajstić information content (AvgIpc) is 3.37. The third-order valence-corrected chi connectivity index (χ3v) is 6.61. The number of aliphatic hydroxyl groups excluding tert-OH is 1. The molecule has 3 aromatic rings. The Labute approximate surface area is 183 Å². The van der Waals surface area contributed by atoms with Gasteiger partial charge in [0.15, 0.2) is 0 Å². The van der Waals surface area contributed by atoms with Gasteiger partial charge in [-0.05, 0) is 47.1 Å². The molecule has 0 saturated heterocycles. The lowest BCUT2D eigenvalue weighted by Crippen LogP contribution is -2.44. The van der Waals surface area contributed by atoms with Gasteiger partial charge in [-0.3, -0.25) is 4.90 Å². The molecule has 0 heterocycles. The van der Waals surface area contributed by atoms with Crippen LogP contribution in [0.4, 0.5) is 4.79 Å². The molecule has 1 N–H and O–H groups in total. The quantitative estimate of drug-likeness (QED) is 0.613. The van der Waals surface area contributed by atoms with Crippen molar-refractivity contribution in [1.82, 2.24) is 4.90 Å². The van der Waals surface area contributed by atoms with Crippen LogP contribution < -0.4 is 0 Å². The van der Waals surface area contributed by atoms with Gasteiger partial charge in [-0.15, -0.1) is 0 Å². The van der Waals surface area contributed by atoms with E-state index in [1.54, 1.807) is 4.90 Å². The number of hydrogen-bond donors (Lipinski definition) is 1. The number of ether oxygens (including phenoxy) is 1. The van der Waals surface area contributed by atoms with Gasteiger partial charge >= 0.3 is 6.09 Å². The Kier molecular flexibility index (Phi) is 5.47. The van der Waals surface area contributed by atoms with Crippen LogP contribution in [-0.4, -0.2) is 34.9 Å². The second-order valence-electron chi connectivity index (χ2n) is 8.48. The van der Waals surface area contributed by atoms with Gasteiger partial charge in [-0.1, -0.05) is 78.9 Å². The van der Waals surface area contributed by atoms with Crippen LogP contribution in [0, 0.1) is 0 Å². The first-order valence-electron chi connectivity index (χ1n) is 11.1. The molecule has 0 spiro atoms. The highest BCUT2D eigenvalue weighted by Gasteiger charge is 2.36. The molecule has 0 aromatic heterocycles. The first-order chi connectivity index (χ1) is 15.2. The smallest absolute Gasteiger partial charge is 0.410 e. The maximum absolute atomic E-state index is 13.3. The number of hydrogen-bond acceptors (Lipinski definition) is 3. The van der Waals surface area contributed by atoms with Crippen LogP contribution in [0.2, 0.25) is 0 Å². The van der Waals surface area contributed by atoms with E-state index < -0.39 is 6.10 Å². The van der Waals surface area contributed by atoms with Crippen LogP contribution in [-0.2, 0) is 11.3 Å². The maximum Gasteiger partial charge on any atom is 0.410 e. The molecule has 2 aliphatic carbocycles. The highest BCUT2D eigenvalue weighted by molar-refractivity contribution is 5.79. The van der Waals surface area contributed by atoms with Gasteiger partial charge in [0, 0.05) is 12.5 Å². The van der Waals surface area contributed by atoms with E-state index in [1.807, 2.05) is 54.6 Å². The summed E-state index contributed by atoms with van der Waals surface area (Å²) in [5.74, 6) is 0.0310. The van der Waals surface area contributed by atoms with Crippen LogP contribution in [0.3, 0.4) is 0 Å². The topological polar surface area (TPSA) is 49.8 Å². The fourth-order valence-corrected chi connectivity index (χ4v) is 5.06. The zero-order valence-electron chi connectivity index (χ0n) is 17.5. The average molecular weight is 414 g/mol. The number of nitrogens with zero attached hydrogens (tertiary/aromatic N) is 1. The lowest BCUT2D eigenvalue weighted by Gasteiger charge is -2.31. The van der Waals surface area contributed by atoms with Crippen molar-refractivity contribution in [3.05, 3.63) is 95.6 Å². The molecule has 0 bridgehead atoms. The van der Waals surface area contributed by atoms with E-state index in [0.717, 1.165) is 24.8 Å². The number of rotatable bonds is 5. The summed E-state index contributed by atoms with van der Waals surface area (Å²) in [6.45, 7) is 0.736. The van der Waals surface area contributed by atoms with Gasteiger partial charge in [0.25, 0.3) is 0 Å². The molecule has 1 saturated carbocycles. The zero-order chi connectivity index (χ0) is 21.2. The van der Waals surface area contributed by atoms with E-state index in [0.29, 0.717) is 13.2 Å². The summed E-state index contributed by atoms with van der Waals surface area (Å²) in [6.07, 6.45) is 1.61. The molecule has 3 aromatic carbocycles. The Morgan fingerprint density at radius 1 is 0.871 bits per heavy atom. The van der Waals surface area contributed by atoms with Crippen LogP contribution in [0.15, 0.2) is 78.9 Å². The third kappa shape index (κ3) is 3.84. The Morgan fingerprint density at radius 3 is 2.10 bits per heavy atom. The highest BCUT2D eigenvalue weighted by Crippen LogP contribution is 2.44. The SMILES string of the molecule is O=C(OCC1c2ccccc2-c2ccccc21)N(Cc1ccccc1)C1CCCC1O. The van der Waals surface area contributed by atoms with Gasteiger partial charge in [-0.25, -0.2) is 4.79 Å². The second-order valence-corrected chi connectivity index (χ2v) is 8.48. The summed E-state index contributed by atoms with van der Waals surface area (Å²) in [4.78, 5) is 15.0. The predicted octanol–water partition coefficient (Wildman–Crippen LogP) is 5.35. The van der Waals surface area contributed by atoms with Crippen LogP contribution >= 0.6 is 0 Å². The lowest BCUT2D eigenvalue weighted by molar-refractivity contribution is 0.0422. The minimum Gasteiger partial charge on any atom is -0.448 e. The Hall–Kier alpha value is -3.11. The molecule has 0 aliphatic heterocycles. The summed E-state index contributed by atoms with van der Waals surface area (Å²) in [7, 11) is 0. The number of aliphatic hydroxyl groups is 1. The van der Waals surface area contributed by atoms with Crippen LogP contribution in [0.25, 0.3) is 11.1 Å². The molecule has 4 nitrogen and oxygen atoms in total. The molecular formula is C27H27NO3. The number of fused-ring (bicyclic) bond motifs is 3. The number of benzene rings is 3. The molecule has 2 atom stereocenters. The zero-order valence-corrected chi connectivity index (χ0v) is 17.5. The molecule has 1 fully saturated rings. The molecule has 2 aliphatic rings. The van der Waals surface area contributed by atoms with E-state index >= 15 is 0 Å². The normalized spacial score (nSPS) is 19.6. The van der Waals surface area contributed by atoms with Crippen molar-refractivity contribution in [2.75, 3.05) is 6.61 Å². The minimum atomic E-state index is -0.496. The highest BCUT2D eigenvalue weighted by atomic mass is 16.6. The Morgan fingerprint density at radius 2 is 1.48 bits per heavy atom. The van der Waals surface area contributed by atoms with Crippen molar-refractivity contribution >= 4 is 6.09 Å². The predicted molar refractivity (Wildman–Crippen MR) is 121 cm³/mol. The third-order valence-electron chi connectivity index (χ3n) is 6.61. The molecule has 4 heteroatoms. The van der Waals surface area contributed by atoms with Gasteiger partial charge in [0.2, 0.25) is 0 Å². The maximum atomic E-state index is 13.3. The van der Waals surface area contributed by atoms with Crippen LogP contribution in [0.1, 0.15) is 41.9 Å². The molecular weight excluding hydrogens is 386 g/mol. The molecule has 0 radical (unpaired) electrons. The number of carbonyl (C=O) groups is 1. The van der Waals surface area contributed by atoms with Crippen molar-refractivity contribution in [3.63, 3.8) is 0 Å². The second kappa shape index (κ2) is 8.56. The van der Waals surface area contributed by atoms with Crippen LogP contribution in [0.5, 0.6) is 0 Å². The van der Waals surface area contributed by atoms with Crippen molar-refractivity contribution < 1.29 is 14.6 Å². The van der Waals surface area contributed by atoms with Crippen molar-refractivity contribution in [2.45, 2.75) is 43.9 Å². The molecule has 5 rings (SSSR count). The summed E-state index contributed by atoms with van der Waals surface area (Å²) in [6, 6.07) is 26.4. The fraction of sp³-hybridized carbons (Fsp3) is 0.296. The lowest BCUT2D eigenvalue weighted by atomic mass is 9.98.